The van der Waals surface area contributed by atoms with Gasteiger partial charge in [0, 0.05) is 11.8 Å². The first-order valence-electron chi connectivity index (χ1n) is 10.00. The van der Waals surface area contributed by atoms with Crippen LogP contribution in [0.3, 0.4) is 0 Å². The summed E-state index contributed by atoms with van der Waals surface area (Å²) in [7, 11) is 0. The van der Waals surface area contributed by atoms with Crippen LogP contribution in [0.5, 0.6) is 0 Å². The van der Waals surface area contributed by atoms with Crippen molar-refractivity contribution >= 4 is 11.0 Å². The minimum absolute atomic E-state index is 0.0788. The number of rotatable bonds is 3. The van der Waals surface area contributed by atoms with E-state index in [2.05, 4.69) is 15.1 Å². The van der Waals surface area contributed by atoms with Crippen LogP contribution in [0.15, 0.2) is 21.7 Å². The Morgan fingerprint density at radius 3 is 2.61 bits per heavy atom. The third-order valence-corrected chi connectivity index (χ3v) is 6.40. The van der Waals surface area contributed by atoms with Gasteiger partial charge in [-0.1, -0.05) is 0 Å². The van der Waals surface area contributed by atoms with Crippen molar-refractivity contribution in [1.82, 2.24) is 24.7 Å². The molecule has 28 heavy (non-hydrogen) atoms. The van der Waals surface area contributed by atoms with Crippen molar-refractivity contribution in [3.05, 3.63) is 40.2 Å². The molecule has 2 atom stereocenters. The second-order valence-electron chi connectivity index (χ2n) is 8.54. The van der Waals surface area contributed by atoms with E-state index in [-0.39, 0.29) is 23.4 Å². The van der Waals surface area contributed by atoms with Gasteiger partial charge in [0.25, 0.3) is 5.56 Å². The van der Waals surface area contributed by atoms with E-state index in [1.807, 2.05) is 11.6 Å². The summed E-state index contributed by atoms with van der Waals surface area (Å²) in [6, 6.07) is 0.0788. The average molecular weight is 385 g/mol. The molecule has 3 aromatic rings. The molecule has 3 heterocycles. The molecule has 3 aromatic heterocycles. The maximum atomic E-state index is 14.2. The maximum Gasteiger partial charge on any atom is 0.262 e. The number of alkyl halides is 1. The molecule has 2 saturated carbocycles. The van der Waals surface area contributed by atoms with Gasteiger partial charge in [-0.2, -0.15) is 5.10 Å². The second-order valence-corrected chi connectivity index (χ2v) is 8.54. The number of fused-ring (bicyclic) bond motifs is 1. The molecule has 2 aliphatic rings. The Balaban J connectivity index is 1.49. The standard InChI is InChI=1S/C20H24FN5O2/c1-11-10-28-19(23-11)14-4-3-13(14)16-24-17-15(18(27)25-16)9-22-26(17)12-5-7-20(2,21)8-6-12/h9-10,12-14H,3-8H2,1-2H3,(H,24,25,27)/t12?,13-,14-,20?/m0/s1. The molecule has 2 fully saturated rings. The Morgan fingerprint density at radius 2 is 1.96 bits per heavy atom. The van der Waals surface area contributed by atoms with Gasteiger partial charge in [-0.15, -0.1) is 0 Å². The molecule has 2 aliphatic carbocycles. The highest BCUT2D eigenvalue weighted by atomic mass is 19.1. The third-order valence-electron chi connectivity index (χ3n) is 6.40. The summed E-state index contributed by atoms with van der Waals surface area (Å²) in [5, 5.41) is 4.92. The summed E-state index contributed by atoms with van der Waals surface area (Å²) in [5.74, 6) is 1.59. The van der Waals surface area contributed by atoms with Gasteiger partial charge in [-0.05, 0) is 52.4 Å². The van der Waals surface area contributed by atoms with Crippen molar-refractivity contribution in [2.45, 2.75) is 75.9 Å². The molecule has 0 aliphatic heterocycles. The van der Waals surface area contributed by atoms with E-state index in [1.165, 1.54) is 0 Å². The van der Waals surface area contributed by atoms with Gasteiger partial charge in [0.2, 0.25) is 0 Å². The van der Waals surface area contributed by atoms with Crippen molar-refractivity contribution < 1.29 is 8.81 Å². The molecule has 0 aromatic carbocycles. The molecule has 0 radical (unpaired) electrons. The first-order valence-corrected chi connectivity index (χ1v) is 10.00. The lowest BCUT2D eigenvalue weighted by Crippen LogP contribution is -2.29. The van der Waals surface area contributed by atoms with Crippen LogP contribution in [0.1, 0.15) is 80.7 Å². The summed E-state index contributed by atoms with van der Waals surface area (Å²) >= 11 is 0. The lowest BCUT2D eigenvalue weighted by molar-refractivity contribution is 0.103. The first-order chi connectivity index (χ1) is 13.4. The number of halogens is 1. The van der Waals surface area contributed by atoms with Gasteiger partial charge < -0.3 is 9.40 Å². The Morgan fingerprint density at radius 1 is 1.21 bits per heavy atom. The normalized spacial score (nSPS) is 30.5. The van der Waals surface area contributed by atoms with Crippen LogP contribution >= 0.6 is 0 Å². The second kappa shape index (κ2) is 6.25. The van der Waals surface area contributed by atoms with Gasteiger partial charge >= 0.3 is 0 Å². The van der Waals surface area contributed by atoms with E-state index >= 15 is 0 Å². The summed E-state index contributed by atoms with van der Waals surface area (Å²) in [5.41, 5.74) is 0.169. The maximum absolute atomic E-state index is 14.2. The predicted molar refractivity (Wildman–Crippen MR) is 101 cm³/mol. The molecule has 0 unspecified atom stereocenters. The van der Waals surface area contributed by atoms with E-state index < -0.39 is 5.67 Å². The van der Waals surface area contributed by atoms with E-state index in [9.17, 15) is 9.18 Å². The molecule has 8 heteroatoms. The van der Waals surface area contributed by atoms with Crippen molar-refractivity contribution in [2.24, 2.45) is 0 Å². The molecular weight excluding hydrogens is 361 g/mol. The summed E-state index contributed by atoms with van der Waals surface area (Å²) in [6.07, 6.45) is 7.53. The Bertz CT molecular complexity index is 1070. The highest BCUT2D eigenvalue weighted by molar-refractivity contribution is 5.73. The number of nitrogens with one attached hydrogen (secondary N) is 1. The molecule has 0 saturated heterocycles. The fourth-order valence-corrected chi connectivity index (χ4v) is 4.51. The average Bonchev–Trinajstić information content (AvgIpc) is 3.21. The molecule has 7 nitrogen and oxygen atoms in total. The van der Waals surface area contributed by atoms with Crippen molar-refractivity contribution in [1.29, 1.82) is 0 Å². The zero-order chi connectivity index (χ0) is 19.5. The number of hydrogen-bond donors (Lipinski definition) is 1. The van der Waals surface area contributed by atoms with Gasteiger partial charge in [0.15, 0.2) is 11.5 Å². The number of H-pyrrole nitrogens is 1. The van der Waals surface area contributed by atoms with Gasteiger partial charge in [0.1, 0.15) is 23.1 Å². The van der Waals surface area contributed by atoms with Crippen LogP contribution in [-0.4, -0.2) is 30.4 Å². The molecule has 0 amide bonds. The van der Waals surface area contributed by atoms with Crippen LogP contribution in [0, 0.1) is 6.92 Å². The fraction of sp³-hybridized carbons (Fsp3) is 0.600. The summed E-state index contributed by atoms with van der Waals surface area (Å²) < 4.78 is 21.6. The van der Waals surface area contributed by atoms with Crippen LogP contribution in [0.25, 0.3) is 11.0 Å². The summed E-state index contributed by atoms with van der Waals surface area (Å²) in [6.45, 7) is 3.56. The minimum Gasteiger partial charge on any atom is -0.448 e. The van der Waals surface area contributed by atoms with E-state index in [4.69, 9.17) is 9.40 Å². The van der Waals surface area contributed by atoms with E-state index in [1.54, 1.807) is 19.4 Å². The fourth-order valence-electron chi connectivity index (χ4n) is 4.51. The Hall–Kier alpha value is -2.51. The van der Waals surface area contributed by atoms with Crippen LogP contribution in [0.4, 0.5) is 4.39 Å². The quantitative estimate of drug-likeness (QED) is 0.738. The van der Waals surface area contributed by atoms with E-state index in [0.29, 0.717) is 48.4 Å². The topological polar surface area (TPSA) is 89.6 Å². The zero-order valence-electron chi connectivity index (χ0n) is 16.1. The Labute approximate surface area is 161 Å². The lowest BCUT2D eigenvalue weighted by Gasteiger charge is -2.33. The molecular formula is C20H24FN5O2. The van der Waals surface area contributed by atoms with Crippen LogP contribution in [0.2, 0.25) is 0 Å². The first kappa shape index (κ1) is 17.6. The monoisotopic (exact) mass is 385 g/mol. The molecule has 1 N–H and O–H groups in total. The van der Waals surface area contributed by atoms with Gasteiger partial charge in [0.05, 0.1) is 17.9 Å². The molecule has 5 rings (SSSR count). The molecule has 0 bridgehead atoms. The number of oxazole rings is 1. The van der Waals surface area contributed by atoms with E-state index in [0.717, 1.165) is 18.5 Å². The SMILES string of the molecule is Cc1coc([C@H]2CC[C@@H]2c2nc3c(cnn3C3CCC(C)(F)CC3)c(=O)[nH]2)n1. The molecule has 148 valence electrons. The highest BCUT2D eigenvalue weighted by Crippen LogP contribution is 2.47. The Kier molecular flexibility index (Phi) is 3.93. The number of hydrogen-bond acceptors (Lipinski definition) is 5. The van der Waals surface area contributed by atoms with Crippen LogP contribution in [-0.2, 0) is 0 Å². The van der Waals surface area contributed by atoms with Crippen molar-refractivity contribution in [3.8, 4) is 0 Å². The largest absolute Gasteiger partial charge is 0.448 e. The van der Waals surface area contributed by atoms with Gasteiger partial charge in [-0.3, -0.25) is 4.79 Å². The van der Waals surface area contributed by atoms with Crippen molar-refractivity contribution in [2.75, 3.05) is 0 Å². The summed E-state index contributed by atoms with van der Waals surface area (Å²) in [4.78, 5) is 24.8. The smallest absolute Gasteiger partial charge is 0.262 e. The lowest BCUT2D eigenvalue weighted by atomic mass is 9.73. The minimum atomic E-state index is -1.11. The highest BCUT2D eigenvalue weighted by Gasteiger charge is 2.39. The van der Waals surface area contributed by atoms with Crippen molar-refractivity contribution in [3.63, 3.8) is 0 Å². The number of nitrogens with zero attached hydrogens (tertiary/aromatic N) is 4. The van der Waals surface area contributed by atoms with Crippen LogP contribution < -0.4 is 5.56 Å². The predicted octanol–water partition coefficient (Wildman–Crippen LogP) is 3.92. The number of aryl methyl sites for hydroxylation is 1. The van der Waals surface area contributed by atoms with Gasteiger partial charge in [-0.25, -0.2) is 19.0 Å². The molecule has 0 spiro atoms. The number of aromatic nitrogens is 5. The third kappa shape index (κ3) is 2.86. The number of aromatic amines is 1. The zero-order valence-corrected chi connectivity index (χ0v) is 16.1.